The molecule has 1 fully saturated rings. The second-order valence-corrected chi connectivity index (χ2v) is 5.34. The van der Waals surface area contributed by atoms with Gasteiger partial charge in [0.05, 0.1) is 6.10 Å². The van der Waals surface area contributed by atoms with E-state index in [1.807, 2.05) is 0 Å². The Morgan fingerprint density at radius 1 is 1.29 bits per heavy atom. The van der Waals surface area contributed by atoms with Crippen LogP contribution in [0.2, 0.25) is 5.02 Å². The minimum absolute atomic E-state index is 0.274. The maximum atomic E-state index is 13.5. The van der Waals surface area contributed by atoms with Crippen molar-refractivity contribution in [1.29, 1.82) is 0 Å². The summed E-state index contributed by atoms with van der Waals surface area (Å²) in [5.74, 6) is 0.0476. The molecule has 3 heteroatoms. The molecule has 0 amide bonds. The van der Waals surface area contributed by atoms with Crippen molar-refractivity contribution in [2.24, 2.45) is 5.92 Å². The first-order valence-corrected chi connectivity index (χ1v) is 6.66. The van der Waals surface area contributed by atoms with E-state index in [1.54, 1.807) is 6.07 Å². The summed E-state index contributed by atoms with van der Waals surface area (Å²) in [6.07, 6.45) is 5.67. The monoisotopic (exact) mass is 256 g/mol. The number of aliphatic hydroxyl groups is 1. The van der Waals surface area contributed by atoms with Gasteiger partial charge in [-0.3, -0.25) is 0 Å². The molecular formula is C14H18ClFO. The van der Waals surface area contributed by atoms with E-state index in [2.05, 4.69) is 0 Å². The highest BCUT2D eigenvalue weighted by Crippen LogP contribution is 2.28. The molecule has 1 aliphatic rings. The first-order chi connectivity index (χ1) is 8.16. The Morgan fingerprint density at radius 3 is 2.71 bits per heavy atom. The Labute approximate surface area is 107 Å². The highest BCUT2D eigenvalue weighted by molar-refractivity contribution is 6.30. The zero-order valence-corrected chi connectivity index (χ0v) is 10.6. The lowest BCUT2D eigenvalue weighted by Gasteiger charge is -2.26. The molecule has 1 nitrogen and oxygen atoms in total. The van der Waals surface area contributed by atoms with Crippen LogP contribution in [0.25, 0.3) is 0 Å². The molecule has 0 bridgehead atoms. The maximum absolute atomic E-state index is 13.5. The van der Waals surface area contributed by atoms with E-state index in [9.17, 15) is 9.50 Å². The van der Waals surface area contributed by atoms with Crippen molar-refractivity contribution < 1.29 is 9.50 Å². The second kappa shape index (κ2) is 5.83. The molecule has 1 aromatic carbocycles. The number of aliphatic hydroxyl groups excluding tert-OH is 1. The van der Waals surface area contributed by atoms with Gasteiger partial charge in [0, 0.05) is 11.4 Å². The smallest absolute Gasteiger partial charge is 0.126 e. The minimum Gasteiger partial charge on any atom is -0.392 e. The zero-order valence-electron chi connectivity index (χ0n) is 9.83. The summed E-state index contributed by atoms with van der Waals surface area (Å²) in [6.45, 7) is 0. The van der Waals surface area contributed by atoms with Gasteiger partial charge in [0.1, 0.15) is 5.82 Å². The Morgan fingerprint density at radius 2 is 2.00 bits per heavy atom. The molecule has 94 valence electrons. The molecule has 0 aliphatic heterocycles. The van der Waals surface area contributed by atoms with Gasteiger partial charge in [-0.1, -0.05) is 30.9 Å². The van der Waals surface area contributed by atoms with Crippen LogP contribution in [0.5, 0.6) is 0 Å². The standard InChI is InChI=1S/C14H18ClFO/c15-12-6-7-13(16)11(8-12)9-14(17)10-4-2-1-3-5-10/h6-8,10,14,17H,1-5,9H2. The number of benzene rings is 1. The van der Waals surface area contributed by atoms with Gasteiger partial charge in [-0.05, 0) is 42.5 Å². The second-order valence-electron chi connectivity index (χ2n) is 4.91. The van der Waals surface area contributed by atoms with E-state index in [0.29, 0.717) is 22.9 Å². The predicted molar refractivity (Wildman–Crippen MR) is 67.7 cm³/mol. The molecule has 1 aromatic rings. The zero-order chi connectivity index (χ0) is 12.3. The normalized spacial score (nSPS) is 19.2. The minimum atomic E-state index is -0.441. The fourth-order valence-corrected chi connectivity index (χ4v) is 2.81. The highest BCUT2D eigenvalue weighted by atomic mass is 35.5. The van der Waals surface area contributed by atoms with Crippen molar-refractivity contribution in [3.05, 3.63) is 34.6 Å². The topological polar surface area (TPSA) is 20.2 Å². The Balaban J connectivity index is 2.01. The lowest BCUT2D eigenvalue weighted by Crippen LogP contribution is -2.25. The van der Waals surface area contributed by atoms with Crippen molar-refractivity contribution in [1.82, 2.24) is 0 Å². The van der Waals surface area contributed by atoms with Crippen LogP contribution in [0, 0.1) is 11.7 Å². The largest absolute Gasteiger partial charge is 0.392 e. The van der Waals surface area contributed by atoms with E-state index in [1.165, 1.54) is 31.4 Å². The molecule has 0 heterocycles. The molecule has 1 saturated carbocycles. The van der Waals surface area contributed by atoms with Gasteiger partial charge in [-0.25, -0.2) is 4.39 Å². The SMILES string of the molecule is OC(Cc1cc(Cl)ccc1F)C1CCCCC1. The summed E-state index contributed by atoms with van der Waals surface area (Å²) in [6, 6.07) is 4.52. The van der Waals surface area contributed by atoms with Gasteiger partial charge in [0.25, 0.3) is 0 Å². The fourth-order valence-electron chi connectivity index (χ4n) is 2.61. The van der Waals surface area contributed by atoms with Crippen molar-refractivity contribution in [3.63, 3.8) is 0 Å². The Bertz CT molecular complexity index is 374. The van der Waals surface area contributed by atoms with Crippen LogP contribution in [0.4, 0.5) is 4.39 Å². The molecule has 1 N–H and O–H groups in total. The summed E-state index contributed by atoms with van der Waals surface area (Å²) in [5, 5.41) is 10.7. The molecule has 0 spiro atoms. The molecule has 17 heavy (non-hydrogen) atoms. The van der Waals surface area contributed by atoms with E-state index in [0.717, 1.165) is 12.8 Å². The van der Waals surface area contributed by atoms with Crippen LogP contribution in [0.15, 0.2) is 18.2 Å². The van der Waals surface area contributed by atoms with Gasteiger partial charge in [-0.2, -0.15) is 0 Å². The first-order valence-electron chi connectivity index (χ1n) is 6.29. The number of hydrogen-bond acceptors (Lipinski definition) is 1. The van der Waals surface area contributed by atoms with Crippen LogP contribution >= 0.6 is 11.6 Å². The summed E-state index contributed by atoms with van der Waals surface area (Å²) in [4.78, 5) is 0. The summed E-state index contributed by atoms with van der Waals surface area (Å²) >= 11 is 5.84. The van der Waals surface area contributed by atoms with Crippen molar-refractivity contribution >= 4 is 11.6 Å². The fraction of sp³-hybridized carbons (Fsp3) is 0.571. The first kappa shape index (κ1) is 12.8. The van der Waals surface area contributed by atoms with Crippen LogP contribution in [0.3, 0.4) is 0 Å². The van der Waals surface area contributed by atoms with E-state index in [4.69, 9.17) is 11.6 Å². The van der Waals surface area contributed by atoms with Gasteiger partial charge in [0.2, 0.25) is 0 Å². The Kier molecular flexibility index (Phi) is 4.41. The van der Waals surface area contributed by atoms with Crippen LogP contribution in [-0.2, 0) is 6.42 Å². The molecule has 1 aliphatic carbocycles. The third-order valence-corrected chi connectivity index (χ3v) is 3.87. The summed E-state index contributed by atoms with van der Waals surface area (Å²) in [7, 11) is 0. The number of halogens is 2. The quantitative estimate of drug-likeness (QED) is 0.868. The molecule has 2 rings (SSSR count). The van der Waals surface area contributed by atoms with Gasteiger partial charge >= 0.3 is 0 Å². The Hall–Kier alpha value is -0.600. The highest BCUT2D eigenvalue weighted by Gasteiger charge is 2.22. The van der Waals surface area contributed by atoms with Crippen molar-refractivity contribution in [2.75, 3.05) is 0 Å². The summed E-state index contributed by atoms with van der Waals surface area (Å²) in [5.41, 5.74) is 0.524. The lowest BCUT2D eigenvalue weighted by atomic mass is 9.83. The van der Waals surface area contributed by atoms with Crippen LogP contribution < -0.4 is 0 Å². The van der Waals surface area contributed by atoms with E-state index in [-0.39, 0.29) is 5.82 Å². The predicted octanol–water partition coefficient (Wildman–Crippen LogP) is 3.96. The summed E-state index contributed by atoms with van der Waals surface area (Å²) < 4.78 is 13.5. The van der Waals surface area contributed by atoms with E-state index >= 15 is 0 Å². The average Bonchev–Trinajstić information content (AvgIpc) is 2.35. The van der Waals surface area contributed by atoms with Crippen LogP contribution in [-0.4, -0.2) is 11.2 Å². The van der Waals surface area contributed by atoms with Gasteiger partial charge in [0.15, 0.2) is 0 Å². The van der Waals surface area contributed by atoms with Crippen LogP contribution in [0.1, 0.15) is 37.7 Å². The molecule has 0 saturated heterocycles. The van der Waals surface area contributed by atoms with E-state index < -0.39 is 6.10 Å². The number of rotatable bonds is 3. The molecule has 1 atom stereocenters. The maximum Gasteiger partial charge on any atom is 0.126 e. The van der Waals surface area contributed by atoms with Gasteiger partial charge in [-0.15, -0.1) is 0 Å². The third-order valence-electron chi connectivity index (χ3n) is 3.63. The molecule has 0 radical (unpaired) electrons. The number of hydrogen-bond donors (Lipinski definition) is 1. The van der Waals surface area contributed by atoms with Gasteiger partial charge < -0.3 is 5.11 Å². The van der Waals surface area contributed by atoms with Crippen molar-refractivity contribution in [3.8, 4) is 0 Å². The third kappa shape index (κ3) is 3.43. The average molecular weight is 257 g/mol. The molecule has 0 aromatic heterocycles. The van der Waals surface area contributed by atoms with Crippen molar-refractivity contribution in [2.45, 2.75) is 44.6 Å². The lowest BCUT2D eigenvalue weighted by molar-refractivity contribution is 0.0843. The molecule has 1 unspecified atom stereocenters. The molecular weight excluding hydrogens is 239 g/mol.